The third kappa shape index (κ3) is 1.85. The number of rotatable bonds is 2. The summed E-state index contributed by atoms with van der Waals surface area (Å²) in [5, 5.41) is 3.09. The van der Waals surface area contributed by atoms with Crippen LogP contribution in [0.2, 0.25) is 0 Å². The Morgan fingerprint density at radius 2 is 2.08 bits per heavy atom. The number of likely N-dealkylation sites (N-methyl/N-ethyl adjacent to an activating group) is 1. The molecule has 1 aliphatic carbocycles. The van der Waals surface area contributed by atoms with Gasteiger partial charge in [0.05, 0.1) is 5.54 Å². The predicted molar refractivity (Wildman–Crippen MR) is 53.2 cm³/mol. The average Bonchev–Trinajstić information content (AvgIpc) is 2.09. The van der Waals surface area contributed by atoms with Crippen molar-refractivity contribution in [2.75, 3.05) is 7.05 Å². The van der Waals surface area contributed by atoms with E-state index < -0.39 is 5.54 Å². The summed E-state index contributed by atoms with van der Waals surface area (Å²) in [5.41, 5.74) is 4.98. The molecule has 0 aromatic rings. The Morgan fingerprint density at radius 3 is 2.46 bits per heavy atom. The summed E-state index contributed by atoms with van der Waals surface area (Å²) >= 11 is 0. The van der Waals surface area contributed by atoms with Gasteiger partial charge in [0.25, 0.3) is 0 Å². The standard InChI is InChI=1S/C10H20N2O/c1-7-4-5-10(12-3,9(11)13)6-8(7)2/h7-8,12H,4-6H2,1-3H3,(H2,11,13). The van der Waals surface area contributed by atoms with Crippen LogP contribution in [0.1, 0.15) is 33.1 Å². The van der Waals surface area contributed by atoms with Gasteiger partial charge in [-0.3, -0.25) is 4.79 Å². The van der Waals surface area contributed by atoms with Gasteiger partial charge in [-0.1, -0.05) is 13.8 Å². The third-order valence-electron chi connectivity index (χ3n) is 3.62. The Bertz CT molecular complexity index is 205. The van der Waals surface area contributed by atoms with Crippen molar-refractivity contribution in [2.45, 2.75) is 38.6 Å². The van der Waals surface area contributed by atoms with Gasteiger partial charge >= 0.3 is 0 Å². The molecular formula is C10H20N2O. The van der Waals surface area contributed by atoms with Gasteiger partial charge in [-0.2, -0.15) is 0 Å². The van der Waals surface area contributed by atoms with Crippen molar-refractivity contribution in [2.24, 2.45) is 17.6 Å². The first kappa shape index (κ1) is 10.5. The molecule has 0 aromatic heterocycles. The first-order valence-electron chi connectivity index (χ1n) is 5.00. The highest BCUT2D eigenvalue weighted by molar-refractivity contribution is 5.84. The fourth-order valence-electron chi connectivity index (χ4n) is 2.19. The van der Waals surface area contributed by atoms with Crippen molar-refractivity contribution in [3.05, 3.63) is 0 Å². The van der Waals surface area contributed by atoms with Gasteiger partial charge in [-0.05, 0) is 38.1 Å². The number of primary amides is 1. The van der Waals surface area contributed by atoms with Gasteiger partial charge in [0.1, 0.15) is 0 Å². The number of nitrogens with two attached hydrogens (primary N) is 1. The van der Waals surface area contributed by atoms with Crippen molar-refractivity contribution < 1.29 is 4.79 Å². The maximum Gasteiger partial charge on any atom is 0.237 e. The van der Waals surface area contributed by atoms with Crippen LogP contribution in [0.5, 0.6) is 0 Å². The lowest BCUT2D eigenvalue weighted by atomic mass is 9.71. The molecule has 3 atom stereocenters. The molecule has 0 aromatic carbocycles. The van der Waals surface area contributed by atoms with Crippen molar-refractivity contribution in [1.82, 2.24) is 5.32 Å². The Labute approximate surface area is 80.1 Å². The lowest BCUT2D eigenvalue weighted by Crippen LogP contribution is -2.57. The van der Waals surface area contributed by atoms with E-state index in [1.807, 2.05) is 7.05 Å². The van der Waals surface area contributed by atoms with Gasteiger partial charge in [0.2, 0.25) is 5.91 Å². The summed E-state index contributed by atoms with van der Waals surface area (Å²) < 4.78 is 0. The van der Waals surface area contributed by atoms with Gasteiger partial charge < -0.3 is 11.1 Å². The second kappa shape index (κ2) is 3.66. The highest BCUT2D eigenvalue weighted by Gasteiger charge is 2.40. The number of amides is 1. The molecule has 1 aliphatic rings. The third-order valence-corrected chi connectivity index (χ3v) is 3.62. The minimum Gasteiger partial charge on any atom is -0.368 e. The Kier molecular flexibility index (Phi) is 2.96. The summed E-state index contributed by atoms with van der Waals surface area (Å²) in [4.78, 5) is 11.3. The first-order chi connectivity index (χ1) is 6.02. The molecule has 1 saturated carbocycles. The minimum atomic E-state index is -0.439. The van der Waals surface area contributed by atoms with Crippen LogP contribution < -0.4 is 11.1 Å². The number of nitrogens with one attached hydrogen (secondary N) is 1. The van der Waals surface area contributed by atoms with E-state index >= 15 is 0 Å². The molecule has 1 rings (SSSR count). The molecule has 13 heavy (non-hydrogen) atoms. The minimum absolute atomic E-state index is 0.200. The van der Waals surface area contributed by atoms with Crippen LogP contribution in [0.4, 0.5) is 0 Å². The molecule has 3 unspecified atom stereocenters. The maximum atomic E-state index is 11.3. The van der Waals surface area contributed by atoms with Crippen LogP contribution in [0.25, 0.3) is 0 Å². The van der Waals surface area contributed by atoms with Crippen molar-refractivity contribution in [1.29, 1.82) is 0 Å². The van der Waals surface area contributed by atoms with Crippen LogP contribution in [-0.4, -0.2) is 18.5 Å². The van der Waals surface area contributed by atoms with Crippen molar-refractivity contribution in [3.8, 4) is 0 Å². The first-order valence-corrected chi connectivity index (χ1v) is 5.00. The van der Waals surface area contributed by atoms with Crippen molar-refractivity contribution >= 4 is 5.91 Å². The van der Waals surface area contributed by atoms with Crippen LogP contribution in [0.15, 0.2) is 0 Å². The second-order valence-corrected chi connectivity index (χ2v) is 4.39. The van der Waals surface area contributed by atoms with Gasteiger partial charge in [-0.25, -0.2) is 0 Å². The summed E-state index contributed by atoms with van der Waals surface area (Å²) in [6.45, 7) is 4.43. The lowest BCUT2D eigenvalue weighted by Gasteiger charge is -2.40. The molecule has 76 valence electrons. The van der Waals surface area contributed by atoms with Crippen LogP contribution in [0, 0.1) is 11.8 Å². The summed E-state index contributed by atoms with van der Waals surface area (Å²) in [7, 11) is 1.83. The highest BCUT2D eigenvalue weighted by atomic mass is 16.1. The fourth-order valence-corrected chi connectivity index (χ4v) is 2.19. The van der Waals surface area contributed by atoms with E-state index in [0.29, 0.717) is 11.8 Å². The molecule has 0 saturated heterocycles. The van der Waals surface area contributed by atoms with E-state index in [9.17, 15) is 4.79 Å². The second-order valence-electron chi connectivity index (χ2n) is 4.39. The van der Waals surface area contributed by atoms with E-state index in [1.54, 1.807) is 0 Å². The number of carbonyl (C=O) groups is 1. The normalized spacial score (nSPS) is 40.2. The van der Waals surface area contributed by atoms with E-state index in [2.05, 4.69) is 19.2 Å². The molecule has 0 radical (unpaired) electrons. The molecule has 1 amide bonds. The molecule has 0 bridgehead atoms. The predicted octanol–water partition coefficient (Wildman–Crippen LogP) is 0.886. The van der Waals surface area contributed by atoms with Gasteiger partial charge in [0, 0.05) is 0 Å². The van der Waals surface area contributed by atoms with Crippen LogP contribution >= 0.6 is 0 Å². The summed E-state index contributed by atoms with van der Waals surface area (Å²) in [6, 6.07) is 0. The molecule has 0 heterocycles. The van der Waals surface area contributed by atoms with E-state index in [0.717, 1.165) is 19.3 Å². The SMILES string of the molecule is CNC1(C(N)=O)CCC(C)C(C)C1. The Morgan fingerprint density at radius 1 is 1.46 bits per heavy atom. The highest BCUT2D eigenvalue weighted by Crippen LogP contribution is 2.35. The average molecular weight is 184 g/mol. The fraction of sp³-hybridized carbons (Fsp3) is 0.900. The monoisotopic (exact) mass is 184 g/mol. The van der Waals surface area contributed by atoms with Gasteiger partial charge in [0.15, 0.2) is 0 Å². The number of hydrogen-bond donors (Lipinski definition) is 2. The van der Waals surface area contributed by atoms with Crippen LogP contribution in [0.3, 0.4) is 0 Å². The quantitative estimate of drug-likeness (QED) is 0.669. The largest absolute Gasteiger partial charge is 0.368 e. The lowest BCUT2D eigenvalue weighted by molar-refractivity contribution is -0.126. The zero-order valence-electron chi connectivity index (χ0n) is 8.76. The zero-order chi connectivity index (χ0) is 10.1. The number of hydrogen-bond acceptors (Lipinski definition) is 2. The van der Waals surface area contributed by atoms with E-state index in [1.165, 1.54) is 0 Å². The van der Waals surface area contributed by atoms with E-state index in [4.69, 9.17) is 5.73 Å². The van der Waals surface area contributed by atoms with Crippen molar-refractivity contribution in [3.63, 3.8) is 0 Å². The Balaban J connectivity index is 2.74. The van der Waals surface area contributed by atoms with Crippen LogP contribution in [-0.2, 0) is 4.79 Å². The van der Waals surface area contributed by atoms with Gasteiger partial charge in [-0.15, -0.1) is 0 Å². The molecule has 0 aliphatic heterocycles. The topological polar surface area (TPSA) is 55.1 Å². The molecular weight excluding hydrogens is 164 g/mol. The number of carbonyl (C=O) groups excluding carboxylic acids is 1. The molecule has 3 nitrogen and oxygen atoms in total. The van der Waals surface area contributed by atoms with E-state index in [-0.39, 0.29) is 5.91 Å². The summed E-state index contributed by atoms with van der Waals surface area (Å²) in [6.07, 6.45) is 2.84. The zero-order valence-corrected chi connectivity index (χ0v) is 8.76. The molecule has 1 fully saturated rings. The smallest absolute Gasteiger partial charge is 0.237 e. The Hall–Kier alpha value is -0.570. The molecule has 3 heteroatoms. The molecule has 3 N–H and O–H groups in total. The molecule has 0 spiro atoms. The maximum absolute atomic E-state index is 11.3. The summed E-state index contributed by atoms with van der Waals surface area (Å²) in [5.74, 6) is 1.09.